The molecule has 1 aromatic carbocycles. The highest BCUT2D eigenvalue weighted by Gasteiger charge is 2.23. The number of halogens is 2. The minimum Gasteiger partial charge on any atom is -0.387 e. The smallest absolute Gasteiger partial charge is 0.227 e. The van der Waals surface area contributed by atoms with Gasteiger partial charge in [0.1, 0.15) is 5.82 Å². The topological polar surface area (TPSA) is 58.4 Å². The van der Waals surface area contributed by atoms with Crippen LogP contribution in [0.3, 0.4) is 0 Å². The third kappa shape index (κ3) is 3.44. The second kappa shape index (κ2) is 6.91. The van der Waals surface area contributed by atoms with E-state index < -0.39 is 11.9 Å². The third-order valence-corrected chi connectivity index (χ3v) is 4.56. The monoisotopic (exact) mass is 351 g/mol. The minimum atomic E-state index is -0.647. The molecule has 0 fully saturated rings. The van der Waals surface area contributed by atoms with Crippen LogP contribution in [0.15, 0.2) is 24.3 Å². The molecule has 1 aliphatic heterocycles. The molecule has 1 atom stereocenters. The number of aliphatic hydroxyl groups excluding tert-OH is 1. The van der Waals surface area contributed by atoms with E-state index in [1.807, 2.05) is 10.7 Å². The van der Waals surface area contributed by atoms with Crippen LogP contribution in [0, 0.1) is 5.82 Å². The summed E-state index contributed by atoms with van der Waals surface area (Å²) in [5.74, 6) is -0.637. The van der Waals surface area contributed by atoms with Gasteiger partial charge < -0.3 is 10.0 Å². The Morgan fingerprint density at radius 3 is 2.96 bits per heavy atom. The molecular formula is C17H19ClFN3O2. The molecule has 1 N–H and O–H groups in total. The van der Waals surface area contributed by atoms with Crippen LogP contribution >= 0.6 is 11.6 Å². The number of carbonyl (C=O) groups is 1. The highest BCUT2D eigenvalue weighted by molar-refractivity contribution is 6.31. The Morgan fingerprint density at radius 2 is 2.25 bits per heavy atom. The van der Waals surface area contributed by atoms with E-state index >= 15 is 0 Å². The molecule has 0 bridgehead atoms. The Hall–Kier alpha value is -1.92. The summed E-state index contributed by atoms with van der Waals surface area (Å²) in [6, 6.07) is 6.22. The first-order chi connectivity index (χ1) is 11.5. The number of carbonyl (C=O) groups excluding carboxylic acids is 1. The Labute approximate surface area is 144 Å². The van der Waals surface area contributed by atoms with Crippen LogP contribution in [0.5, 0.6) is 0 Å². The van der Waals surface area contributed by atoms with Crippen LogP contribution in [0.1, 0.15) is 36.4 Å². The Morgan fingerprint density at radius 1 is 1.46 bits per heavy atom. The summed E-state index contributed by atoms with van der Waals surface area (Å²) in [7, 11) is 0. The lowest BCUT2D eigenvalue weighted by Gasteiger charge is -2.20. The molecule has 5 nitrogen and oxygen atoms in total. The van der Waals surface area contributed by atoms with Crippen LogP contribution in [0.25, 0.3) is 0 Å². The lowest BCUT2D eigenvalue weighted by atomic mass is 10.1. The molecule has 1 aromatic heterocycles. The Kier molecular flexibility index (Phi) is 4.87. The van der Waals surface area contributed by atoms with Crippen LogP contribution in [-0.4, -0.2) is 32.2 Å². The van der Waals surface area contributed by atoms with Crippen LogP contribution in [0.4, 0.5) is 4.39 Å². The molecule has 128 valence electrons. The SMILES string of the molecule is C[C@@H](O)c1cc2n(n1)CCCN(C(=O)Cc1c(F)cccc1Cl)C2. The molecule has 0 saturated carbocycles. The average Bonchev–Trinajstić information content (AvgIpc) is 2.83. The first-order valence-corrected chi connectivity index (χ1v) is 8.29. The maximum Gasteiger partial charge on any atom is 0.227 e. The van der Waals surface area contributed by atoms with Gasteiger partial charge in [-0.25, -0.2) is 4.39 Å². The van der Waals surface area contributed by atoms with E-state index in [1.54, 1.807) is 17.9 Å². The van der Waals surface area contributed by atoms with Crippen LogP contribution in [-0.2, 0) is 24.3 Å². The number of fused-ring (bicyclic) bond motifs is 1. The summed E-state index contributed by atoms with van der Waals surface area (Å²) in [6.45, 7) is 3.32. The summed E-state index contributed by atoms with van der Waals surface area (Å²) >= 11 is 6.01. The summed E-state index contributed by atoms with van der Waals surface area (Å²) in [5, 5.41) is 14.3. The fourth-order valence-electron chi connectivity index (χ4n) is 2.87. The number of nitrogens with zero attached hydrogens (tertiary/aromatic N) is 3. The number of aryl methyl sites for hydroxylation is 1. The van der Waals surface area contributed by atoms with Crippen molar-refractivity contribution >= 4 is 17.5 Å². The van der Waals surface area contributed by atoms with Crippen molar-refractivity contribution in [2.75, 3.05) is 6.54 Å². The third-order valence-electron chi connectivity index (χ3n) is 4.20. The number of amides is 1. The van der Waals surface area contributed by atoms with E-state index in [4.69, 9.17) is 11.6 Å². The maximum atomic E-state index is 13.9. The number of hydrogen-bond donors (Lipinski definition) is 1. The fraction of sp³-hybridized carbons (Fsp3) is 0.412. The normalized spacial score (nSPS) is 15.8. The maximum absolute atomic E-state index is 13.9. The molecule has 2 heterocycles. The molecule has 24 heavy (non-hydrogen) atoms. The van der Waals surface area contributed by atoms with Crippen LogP contribution < -0.4 is 0 Å². The zero-order chi connectivity index (χ0) is 17.3. The van der Waals surface area contributed by atoms with Gasteiger partial charge in [0.2, 0.25) is 5.91 Å². The summed E-state index contributed by atoms with van der Waals surface area (Å²) in [4.78, 5) is 14.3. The quantitative estimate of drug-likeness (QED) is 0.925. The van der Waals surface area contributed by atoms with E-state index in [0.29, 0.717) is 25.3 Å². The molecular weight excluding hydrogens is 333 g/mol. The Bertz CT molecular complexity index is 740. The first-order valence-electron chi connectivity index (χ1n) is 7.91. The Balaban J connectivity index is 1.78. The van der Waals surface area contributed by atoms with Gasteiger partial charge in [0, 0.05) is 23.7 Å². The summed E-state index contributed by atoms with van der Waals surface area (Å²) in [6.07, 6.45) is 0.0407. The fourth-order valence-corrected chi connectivity index (χ4v) is 3.10. The number of rotatable bonds is 3. The number of benzene rings is 1. The second-order valence-electron chi connectivity index (χ2n) is 6.01. The molecule has 1 amide bonds. The van der Waals surface area contributed by atoms with Crippen molar-refractivity contribution in [1.29, 1.82) is 0 Å². The zero-order valence-electron chi connectivity index (χ0n) is 13.4. The number of aromatic nitrogens is 2. The van der Waals surface area contributed by atoms with Crippen molar-refractivity contribution in [3.05, 3.63) is 52.1 Å². The van der Waals surface area contributed by atoms with Crippen molar-refractivity contribution in [2.24, 2.45) is 0 Å². The van der Waals surface area contributed by atoms with Gasteiger partial charge >= 0.3 is 0 Å². The highest BCUT2D eigenvalue weighted by atomic mass is 35.5. The van der Waals surface area contributed by atoms with Crippen molar-refractivity contribution in [1.82, 2.24) is 14.7 Å². The van der Waals surface area contributed by atoms with Crippen LogP contribution in [0.2, 0.25) is 5.02 Å². The molecule has 7 heteroatoms. The highest BCUT2D eigenvalue weighted by Crippen LogP contribution is 2.22. The zero-order valence-corrected chi connectivity index (χ0v) is 14.1. The van der Waals surface area contributed by atoms with E-state index in [9.17, 15) is 14.3 Å². The van der Waals surface area contributed by atoms with Crippen molar-refractivity contribution < 1.29 is 14.3 Å². The number of aliphatic hydroxyl groups is 1. The predicted molar refractivity (Wildman–Crippen MR) is 88.0 cm³/mol. The van der Waals surface area contributed by atoms with Gasteiger partial charge in [0.15, 0.2) is 0 Å². The molecule has 3 rings (SSSR count). The van der Waals surface area contributed by atoms with Gasteiger partial charge in [0.25, 0.3) is 0 Å². The van der Waals surface area contributed by atoms with Gasteiger partial charge in [-0.3, -0.25) is 9.48 Å². The molecule has 0 radical (unpaired) electrons. The van der Waals surface area contributed by atoms with Gasteiger partial charge in [-0.2, -0.15) is 5.10 Å². The van der Waals surface area contributed by atoms with E-state index in [1.165, 1.54) is 12.1 Å². The lowest BCUT2D eigenvalue weighted by molar-refractivity contribution is -0.131. The minimum absolute atomic E-state index is 0.0666. The summed E-state index contributed by atoms with van der Waals surface area (Å²) in [5.41, 5.74) is 1.69. The molecule has 0 saturated heterocycles. The summed E-state index contributed by atoms with van der Waals surface area (Å²) < 4.78 is 15.7. The lowest BCUT2D eigenvalue weighted by Crippen LogP contribution is -2.32. The molecule has 0 aliphatic carbocycles. The molecule has 0 unspecified atom stereocenters. The van der Waals surface area contributed by atoms with E-state index in [2.05, 4.69) is 5.10 Å². The predicted octanol–water partition coefficient (Wildman–Crippen LogP) is 2.70. The van der Waals surface area contributed by atoms with Gasteiger partial charge in [0.05, 0.1) is 30.5 Å². The van der Waals surface area contributed by atoms with Gasteiger partial charge in [-0.05, 0) is 31.5 Å². The molecule has 2 aromatic rings. The van der Waals surface area contributed by atoms with Crippen molar-refractivity contribution in [3.63, 3.8) is 0 Å². The van der Waals surface area contributed by atoms with Gasteiger partial charge in [-0.1, -0.05) is 17.7 Å². The first kappa shape index (κ1) is 16.9. The second-order valence-corrected chi connectivity index (χ2v) is 6.41. The molecule has 0 spiro atoms. The number of hydrogen-bond acceptors (Lipinski definition) is 3. The van der Waals surface area contributed by atoms with E-state index in [-0.39, 0.29) is 22.9 Å². The largest absolute Gasteiger partial charge is 0.387 e. The van der Waals surface area contributed by atoms with Crippen molar-refractivity contribution in [2.45, 2.75) is 39.0 Å². The average molecular weight is 352 g/mol. The standard InChI is InChI=1S/C17H19ClFN3O2/c1-11(23)16-8-12-10-21(6-3-7-22(12)20-16)17(24)9-13-14(18)4-2-5-15(13)19/h2,4-5,8,11,23H,3,6-7,9-10H2,1H3/t11-/m1/s1. The van der Waals surface area contributed by atoms with E-state index in [0.717, 1.165) is 12.1 Å². The van der Waals surface area contributed by atoms with Crippen molar-refractivity contribution in [3.8, 4) is 0 Å². The molecule has 1 aliphatic rings. The van der Waals surface area contributed by atoms with Gasteiger partial charge in [-0.15, -0.1) is 0 Å².